The van der Waals surface area contributed by atoms with Gasteiger partial charge in [-0.1, -0.05) is 12.1 Å². The number of ketones is 1. The maximum absolute atomic E-state index is 13.1. The van der Waals surface area contributed by atoms with Crippen LogP contribution in [-0.2, 0) is 6.42 Å². The Bertz CT molecular complexity index is 669. The van der Waals surface area contributed by atoms with Gasteiger partial charge in [-0.2, -0.15) is 0 Å². The number of nitro groups is 1. The zero-order valence-electron chi connectivity index (χ0n) is 10.2. The molecule has 4 nitrogen and oxygen atoms in total. The van der Waals surface area contributed by atoms with Crippen LogP contribution in [0.1, 0.15) is 15.9 Å². The van der Waals surface area contributed by atoms with Crippen LogP contribution in [0.4, 0.5) is 14.5 Å². The molecule has 0 radical (unpaired) electrons. The number of carbonyl (C=O) groups is 1. The molecule has 0 saturated carbocycles. The van der Waals surface area contributed by atoms with Crippen molar-refractivity contribution in [3.63, 3.8) is 0 Å². The average molecular weight is 277 g/mol. The fraction of sp³-hybridized carbons (Fsp3) is 0.0714. The fourth-order valence-corrected chi connectivity index (χ4v) is 1.77. The van der Waals surface area contributed by atoms with Gasteiger partial charge < -0.3 is 0 Å². The Morgan fingerprint density at radius 1 is 1.05 bits per heavy atom. The zero-order valence-corrected chi connectivity index (χ0v) is 10.2. The van der Waals surface area contributed by atoms with Gasteiger partial charge in [-0.3, -0.25) is 14.9 Å². The molecule has 0 saturated heterocycles. The van der Waals surface area contributed by atoms with Crippen molar-refractivity contribution >= 4 is 11.5 Å². The minimum Gasteiger partial charge on any atom is -0.294 e. The molecular formula is C14H9F2NO3. The summed E-state index contributed by atoms with van der Waals surface area (Å²) in [6.45, 7) is 0. The first kappa shape index (κ1) is 13.8. The van der Waals surface area contributed by atoms with Crippen LogP contribution in [0.3, 0.4) is 0 Å². The Hall–Kier alpha value is -2.63. The molecule has 0 aliphatic heterocycles. The van der Waals surface area contributed by atoms with Crippen molar-refractivity contribution in [1.82, 2.24) is 0 Å². The Balaban J connectivity index is 2.31. The molecule has 102 valence electrons. The minimum atomic E-state index is -0.739. The van der Waals surface area contributed by atoms with Crippen LogP contribution in [0.5, 0.6) is 0 Å². The number of nitro benzene ring substituents is 1. The molecule has 2 aromatic rings. The largest absolute Gasteiger partial charge is 0.294 e. The standard InChI is InChI=1S/C14H9F2NO3/c15-10-3-1-9(2-4-10)7-14(18)12-8-11(16)5-6-13(12)17(19)20/h1-6,8H,7H2. The van der Waals surface area contributed by atoms with Crippen molar-refractivity contribution in [2.45, 2.75) is 6.42 Å². The molecule has 6 heteroatoms. The van der Waals surface area contributed by atoms with E-state index >= 15 is 0 Å². The molecule has 0 aliphatic carbocycles. The van der Waals surface area contributed by atoms with E-state index in [0.29, 0.717) is 5.56 Å². The second kappa shape index (κ2) is 5.56. The summed E-state index contributed by atoms with van der Waals surface area (Å²) >= 11 is 0. The van der Waals surface area contributed by atoms with Crippen LogP contribution in [0.2, 0.25) is 0 Å². The number of halogens is 2. The van der Waals surface area contributed by atoms with Crippen molar-refractivity contribution in [3.8, 4) is 0 Å². The second-order valence-electron chi connectivity index (χ2n) is 4.14. The van der Waals surface area contributed by atoms with Crippen molar-refractivity contribution in [2.75, 3.05) is 0 Å². The number of nitrogens with zero attached hydrogens (tertiary/aromatic N) is 1. The van der Waals surface area contributed by atoms with Gasteiger partial charge in [-0.15, -0.1) is 0 Å². The first-order valence-corrected chi connectivity index (χ1v) is 5.69. The predicted octanol–water partition coefficient (Wildman–Crippen LogP) is 3.30. The summed E-state index contributed by atoms with van der Waals surface area (Å²) in [7, 11) is 0. The summed E-state index contributed by atoms with van der Waals surface area (Å²) in [6, 6.07) is 7.88. The normalized spacial score (nSPS) is 10.3. The highest BCUT2D eigenvalue weighted by molar-refractivity contribution is 6.01. The number of hydrogen-bond donors (Lipinski definition) is 0. The summed E-state index contributed by atoms with van der Waals surface area (Å²) in [4.78, 5) is 22.1. The highest BCUT2D eigenvalue weighted by Crippen LogP contribution is 2.21. The molecule has 2 aromatic carbocycles. The third kappa shape index (κ3) is 3.03. The first-order chi connectivity index (χ1) is 9.47. The SMILES string of the molecule is O=C(Cc1ccc(F)cc1)c1cc(F)ccc1[N+](=O)[O-]. The van der Waals surface area contributed by atoms with E-state index in [4.69, 9.17) is 0 Å². The van der Waals surface area contributed by atoms with Gasteiger partial charge in [0, 0.05) is 12.5 Å². The van der Waals surface area contributed by atoms with E-state index in [1.165, 1.54) is 24.3 Å². The van der Waals surface area contributed by atoms with E-state index in [9.17, 15) is 23.7 Å². The predicted molar refractivity (Wildman–Crippen MR) is 67.5 cm³/mol. The summed E-state index contributed by atoms with van der Waals surface area (Å²) in [5.74, 6) is -1.77. The van der Waals surface area contributed by atoms with Crippen LogP contribution >= 0.6 is 0 Å². The lowest BCUT2D eigenvalue weighted by Gasteiger charge is -2.03. The second-order valence-corrected chi connectivity index (χ2v) is 4.14. The summed E-state index contributed by atoms with van der Waals surface area (Å²) < 4.78 is 25.9. The Morgan fingerprint density at radius 2 is 1.65 bits per heavy atom. The molecule has 0 aliphatic rings. The van der Waals surface area contributed by atoms with Gasteiger partial charge in [0.1, 0.15) is 11.6 Å². The molecule has 0 N–H and O–H groups in total. The zero-order chi connectivity index (χ0) is 14.7. The quantitative estimate of drug-likeness (QED) is 0.489. The molecule has 2 rings (SSSR count). The molecule has 0 bridgehead atoms. The van der Waals surface area contributed by atoms with E-state index in [-0.39, 0.29) is 12.0 Å². The van der Waals surface area contributed by atoms with Gasteiger partial charge in [0.15, 0.2) is 5.78 Å². The average Bonchev–Trinajstić information content (AvgIpc) is 2.41. The summed E-state index contributed by atoms with van der Waals surface area (Å²) in [5.41, 5.74) is -0.243. The third-order valence-electron chi connectivity index (χ3n) is 2.73. The number of carbonyl (C=O) groups excluding carboxylic acids is 1. The van der Waals surface area contributed by atoms with Crippen LogP contribution < -0.4 is 0 Å². The molecule has 0 aromatic heterocycles. The number of rotatable bonds is 4. The van der Waals surface area contributed by atoms with Gasteiger partial charge in [0.2, 0.25) is 0 Å². The Kier molecular flexibility index (Phi) is 3.84. The van der Waals surface area contributed by atoms with Crippen molar-refractivity contribution in [1.29, 1.82) is 0 Å². The van der Waals surface area contributed by atoms with Crippen LogP contribution in [-0.4, -0.2) is 10.7 Å². The molecule has 0 atom stereocenters. The maximum atomic E-state index is 13.1. The molecule has 0 fully saturated rings. The lowest BCUT2D eigenvalue weighted by atomic mass is 10.0. The molecular weight excluding hydrogens is 268 g/mol. The smallest absolute Gasteiger partial charge is 0.280 e. The Labute approximate surface area is 112 Å². The number of hydrogen-bond acceptors (Lipinski definition) is 3. The number of benzene rings is 2. The van der Waals surface area contributed by atoms with Crippen molar-refractivity contribution in [3.05, 3.63) is 75.3 Å². The van der Waals surface area contributed by atoms with Crippen LogP contribution in [0.15, 0.2) is 42.5 Å². The highest BCUT2D eigenvalue weighted by Gasteiger charge is 2.20. The molecule has 0 heterocycles. The lowest BCUT2D eigenvalue weighted by molar-refractivity contribution is -0.385. The van der Waals surface area contributed by atoms with Crippen LogP contribution in [0, 0.1) is 21.7 Å². The van der Waals surface area contributed by atoms with E-state index in [1.807, 2.05) is 0 Å². The first-order valence-electron chi connectivity index (χ1n) is 5.69. The van der Waals surface area contributed by atoms with Gasteiger partial charge in [-0.25, -0.2) is 8.78 Å². The summed E-state index contributed by atoms with van der Waals surface area (Å²) in [6.07, 6.45) is -0.162. The highest BCUT2D eigenvalue weighted by atomic mass is 19.1. The summed E-state index contributed by atoms with van der Waals surface area (Å²) in [5, 5.41) is 10.8. The van der Waals surface area contributed by atoms with Gasteiger partial charge >= 0.3 is 0 Å². The van der Waals surface area contributed by atoms with Crippen molar-refractivity contribution < 1.29 is 18.5 Å². The number of Topliss-reactive ketones (excluding diaryl/α,β-unsaturated/α-hetero) is 1. The minimum absolute atomic E-state index is 0.162. The van der Waals surface area contributed by atoms with E-state index in [2.05, 4.69) is 0 Å². The monoisotopic (exact) mass is 277 g/mol. The third-order valence-corrected chi connectivity index (χ3v) is 2.73. The van der Waals surface area contributed by atoms with Gasteiger partial charge in [-0.05, 0) is 29.8 Å². The fourth-order valence-electron chi connectivity index (χ4n) is 1.77. The maximum Gasteiger partial charge on any atom is 0.280 e. The van der Waals surface area contributed by atoms with E-state index < -0.39 is 28.0 Å². The van der Waals surface area contributed by atoms with E-state index in [0.717, 1.165) is 18.2 Å². The molecule has 0 amide bonds. The van der Waals surface area contributed by atoms with Gasteiger partial charge in [0.25, 0.3) is 5.69 Å². The van der Waals surface area contributed by atoms with E-state index in [1.54, 1.807) is 0 Å². The topological polar surface area (TPSA) is 60.2 Å². The molecule has 0 unspecified atom stereocenters. The van der Waals surface area contributed by atoms with Crippen LogP contribution in [0.25, 0.3) is 0 Å². The molecule has 0 spiro atoms. The molecule has 20 heavy (non-hydrogen) atoms. The lowest BCUT2D eigenvalue weighted by Crippen LogP contribution is -2.07. The van der Waals surface area contributed by atoms with Crippen molar-refractivity contribution in [2.24, 2.45) is 0 Å². The van der Waals surface area contributed by atoms with Gasteiger partial charge in [0.05, 0.1) is 10.5 Å². The Morgan fingerprint density at radius 3 is 2.25 bits per heavy atom.